The quantitative estimate of drug-likeness (QED) is 0.759. The van der Waals surface area contributed by atoms with Crippen LogP contribution in [0.15, 0.2) is 70.0 Å². The molecule has 0 aliphatic carbocycles. The molecule has 1 N–H and O–H groups in total. The largest absolute Gasteiger partial charge is 0.467 e. The molecule has 0 radical (unpaired) electrons. The molecule has 0 atom stereocenters. The molecule has 0 saturated heterocycles. The molecule has 0 fully saturated rings. The SMILES string of the molecule is O=C(NCc1ccccn1)N(Cc1ccco1)Cc1ccco1. The third kappa shape index (κ3) is 4.23. The summed E-state index contributed by atoms with van der Waals surface area (Å²) >= 11 is 0. The molecule has 6 heteroatoms. The molecule has 3 heterocycles. The molecule has 118 valence electrons. The van der Waals surface area contributed by atoms with Gasteiger partial charge in [0.15, 0.2) is 0 Å². The van der Waals surface area contributed by atoms with Crippen LogP contribution in [-0.4, -0.2) is 15.9 Å². The van der Waals surface area contributed by atoms with Crippen molar-refractivity contribution in [2.24, 2.45) is 0 Å². The number of amides is 2. The molecule has 3 rings (SSSR count). The van der Waals surface area contributed by atoms with Crippen molar-refractivity contribution in [3.63, 3.8) is 0 Å². The zero-order chi connectivity index (χ0) is 15.9. The van der Waals surface area contributed by atoms with E-state index in [2.05, 4.69) is 10.3 Å². The molecule has 0 aromatic carbocycles. The maximum Gasteiger partial charge on any atom is 0.318 e. The third-order valence-electron chi connectivity index (χ3n) is 3.29. The zero-order valence-corrected chi connectivity index (χ0v) is 12.5. The summed E-state index contributed by atoms with van der Waals surface area (Å²) in [5.41, 5.74) is 0.803. The van der Waals surface area contributed by atoms with E-state index in [9.17, 15) is 4.79 Å². The van der Waals surface area contributed by atoms with E-state index < -0.39 is 0 Å². The molecule has 0 aliphatic heterocycles. The molecule has 2 amide bonds. The lowest BCUT2D eigenvalue weighted by Crippen LogP contribution is -2.38. The van der Waals surface area contributed by atoms with Crippen molar-refractivity contribution in [1.82, 2.24) is 15.2 Å². The molecule has 0 bridgehead atoms. The van der Waals surface area contributed by atoms with E-state index in [0.29, 0.717) is 31.2 Å². The van der Waals surface area contributed by atoms with Gasteiger partial charge in [0.25, 0.3) is 0 Å². The van der Waals surface area contributed by atoms with E-state index in [1.54, 1.807) is 35.8 Å². The molecule has 6 nitrogen and oxygen atoms in total. The maximum absolute atomic E-state index is 12.5. The fraction of sp³-hybridized carbons (Fsp3) is 0.176. The maximum atomic E-state index is 12.5. The van der Waals surface area contributed by atoms with Gasteiger partial charge in [-0.1, -0.05) is 6.07 Å². The third-order valence-corrected chi connectivity index (χ3v) is 3.29. The number of rotatable bonds is 6. The Morgan fingerprint density at radius 1 is 1.00 bits per heavy atom. The number of carbonyl (C=O) groups is 1. The van der Waals surface area contributed by atoms with Crippen molar-refractivity contribution in [2.45, 2.75) is 19.6 Å². The molecule has 0 saturated carbocycles. The van der Waals surface area contributed by atoms with E-state index in [4.69, 9.17) is 8.83 Å². The Bertz CT molecular complexity index is 673. The summed E-state index contributed by atoms with van der Waals surface area (Å²) in [6.07, 6.45) is 4.88. The molecule has 3 aromatic heterocycles. The van der Waals surface area contributed by atoms with Crippen LogP contribution in [0.5, 0.6) is 0 Å². The molecular formula is C17H17N3O3. The van der Waals surface area contributed by atoms with E-state index in [1.165, 1.54) is 0 Å². The highest BCUT2D eigenvalue weighted by atomic mass is 16.3. The van der Waals surface area contributed by atoms with Crippen LogP contribution in [0.3, 0.4) is 0 Å². The first-order valence-electron chi connectivity index (χ1n) is 7.29. The van der Waals surface area contributed by atoms with E-state index in [0.717, 1.165) is 5.69 Å². The predicted molar refractivity (Wildman–Crippen MR) is 83.1 cm³/mol. The smallest absolute Gasteiger partial charge is 0.318 e. The minimum absolute atomic E-state index is 0.205. The van der Waals surface area contributed by atoms with Gasteiger partial charge in [0.1, 0.15) is 11.5 Å². The molecule has 0 spiro atoms. The van der Waals surface area contributed by atoms with Gasteiger partial charge in [-0.05, 0) is 36.4 Å². The van der Waals surface area contributed by atoms with E-state index in [1.807, 2.05) is 30.3 Å². The van der Waals surface area contributed by atoms with Gasteiger partial charge in [-0.3, -0.25) is 4.98 Å². The number of aromatic nitrogens is 1. The number of nitrogens with one attached hydrogen (secondary N) is 1. The number of hydrogen-bond donors (Lipinski definition) is 1. The normalized spacial score (nSPS) is 10.4. The second kappa shape index (κ2) is 7.31. The van der Waals surface area contributed by atoms with Crippen molar-refractivity contribution >= 4 is 6.03 Å². The first-order valence-corrected chi connectivity index (χ1v) is 7.29. The van der Waals surface area contributed by atoms with Gasteiger partial charge in [-0.25, -0.2) is 4.79 Å². The summed E-state index contributed by atoms with van der Waals surface area (Å²) in [5, 5.41) is 2.87. The Morgan fingerprint density at radius 3 is 2.22 bits per heavy atom. The molecule has 0 aliphatic rings. The topological polar surface area (TPSA) is 71.5 Å². The Labute approximate surface area is 133 Å². The van der Waals surface area contributed by atoms with Crippen molar-refractivity contribution in [1.29, 1.82) is 0 Å². The van der Waals surface area contributed by atoms with Crippen LogP contribution >= 0.6 is 0 Å². The van der Waals surface area contributed by atoms with Crippen LogP contribution in [0, 0.1) is 0 Å². The number of pyridine rings is 1. The second-order valence-electron chi connectivity index (χ2n) is 4.99. The highest BCUT2D eigenvalue weighted by molar-refractivity contribution is 5.74. The van der Waals surface area contributed by atoms with Crippen LogP contribution in [0.1, 0.15) is 17.2 Å². The van der Waals surface area contributed by atoms with Gasteiger partial charge in [0.2, 0.25) is 0 Å². The van der Waals surface area contributed by atoms with Crippen LogP contribution in [-0.2, 0) is 19.6 Å². The van der Waals surface area contributed by atoms with Gasteiger partial charge in [-0.2, -0.15) is 0 Å². The highest BCUT2D eigenvalue weighted by Crippen LogP contribution is 2.11. The molecule has 0 unspecified atom stereocenters. The lowest BCUT2D eigenvalue weighted by atomic mass is 10.3. The average molecular weight is 311 g/mol. The Morgan fingerprint density at radius 2 is 1.70 bits per heavy atom. The fourth-order valence-corrected chi connectivity index (χ4v) is 2.16. The van der Waals surface area contributed by atoms with Crippen molar-refractivity contribution in [3.05, 3.63) is 78.4 Å². The Hall–Kier alpha value is -3.02. The summed E-state index contributed by atoms with van der Waals surface area (Å²) < 4.78 is 10.7. The minimum atomic E-state index is -0.205. The summed E-state index contributed by atoms with van der Waals surface area (Å²) in [6.45, 7) is 1.09. The Balaban J connectivity index is 1.65. The van der Waals surface area contributed by atoms with Crippen molar-refractivity contribution in [3.8, 4) is 0 Å². The van der Waals surface area contributed by atoms with Crippen molar-refractivity contribution in [2.75, 3.05) is 0 Å². The molecule has 23 heavy (non-hydrogen) atoms. The summed E-state index contributed by atoms with van der Waals surface area (Å²) in [4.78, 5) is 18.3. The van der Waals surface area contributed by atoms with Crippen LogP contribution in [0.2, 0.25) is 0 Å². The standard InChI is InChI=1S/C17H17N3O3/c21-17(19-11-14-5-1-2-8-18-14)20(12-15-6-3-9-22-15)13-16-7-4-10-23-16/h1-10H,11-13H2,(H,19,21). The number of carbonyl (C=O) groups excluding carboxylic acids is 1. The predicted octanol–water partition coefficient (Wildman–Crippen LogP) is 3.18. The Kier molecular flexibility index (Phi) is 4.73. The van der Waals surface area contributed by atoms with Crippen LogP contribution in [0.25, 0.3) is 0 Å². The number of hydrogen-bond acceptors (Lipinski definition) is 4. The molecule has 3 aromatic rings. The van der Waals surface area contributed by atoms with Gasteiger partial charge in [-0.15, -0.1) is 0 Å². The van der Waals surface area contributed by atoms with Crippen molar-refractivity contribution < 1.29 is 13.6 Å². The average Bonchev–Trinajstić information content (AvgIpc) is 3.27. The highest BCUT2D eigenvalue weighted by Gasteiger charge is 2.17. The van der Waals surface area contributed by atoms with Gasteiger partial charge < -0.3 is 19.1 Å². The summed E-state index contributed by atoms with van der Waals surface area (Å²) in [5.74, 6) is 1.43. The number of urea groups is 1. The first kappa shape index (κ1) is 14.9. The fourth-order valence-electron chi connectivity index (χ4n) is 2.16. The summed E-state index contributed by atoms with van der Waals surface area (Å²) in [6, 6.07) is 12.6. The monoisotopic (exact) mass is 311 g/mol. The lowest BCUT2D eigenvalue weighted by molar-refractivity contribution is 0.181. The molecular weight excluding hydrogens is 294 g/mol. The second-order valence-corrected chi connectivity index (χ2v) is 4.99. The van der Waals surface area contributed by atoms with Gasteiger partial charge in [0, 0.05) is 6.20 Å². The van der Waals surface area contributed by atoms with Gasteiger partial charge >= 0.3 is 6.03 Å². The summed E-state index contributed by atoms with van der Waals surface area (Å²) in [7, 11) is 0. The first-order chi connectivity index (χ1) is 11.3. The van der Waals surface area contributed by atoms with Crippen LogP contribution < -0.4 is 5.32 Å². The minimum Gasteiger partial charge on any atom is -0.467 e. The number of furan rings is 2. The zero-order valence-electron chi connectivity index (χ0n) is 12.5. The lowest BCUT2D eigenvalue weighted by Gasteiger charge is -2.21. The number of nitrogens with zero attached hydrogens (tertiary/aromatic N) is 2. The van der Waals surface area contributed by atoms with Crippen LogP contribution in [0.4, 0.5) is 4.79 Å². The van der Waals surface area contributed by atoms with E-state index >= 15 is 0 Å². The van der Waals surface area contributed by atoms with Gasteiger partial charge in [0.05, 0.1) is 37.9 Å². The van der Waals surface area contributed by atoms with E-state index in [-0.39, 0.29) is 6.03 Å².